The third kappa shape index (κ3) is 8.70. The number of aromatic hydroxyl groups is 1. The second kappa shape index (κ2) is 11.1. The molecule has 0 aliphatic carbocycles. The Morgan fingerprint density at radius 2 is 1.41 bits per heavy atom. The molecule has 1 rings (SSSR count). The summed E-state index contributed by atoms with van der Waals surface area (Å²) in [6, 6.07) is 7.59. The fourth-order valence-electron chi connectivity index (χ4n) is 1.95. The Labute approximate surface area is 129 Å². The van der Waals surface area contributed by atoms with Crippen LogP contribution in [0, 0.1) is 0 Å². The van der Waals surface area contributed by atoms with Crippen molar-refractivity contribution in [1.29, 1.82) is 0 Å². The van der Waals surface area contributed by atoms with Crippen molar-refractivity contribution < 1.29 is 36.1 Å². The quantitative estimate of drug-likeness (QED) is 0.546. The number of hydrogen-bond donors (Lipinski definition) is 1. The monoisotopic (exact) mass is 244 g/mol. The molecule has 1 aromatic carbocycles. The Bertz CT molecular complexity index is 274. The zero-order valence-corrected chi connectivity index (χ0v) is 13.4. The van der Waals surface area contributed by atoms with E-state index in [-0.39, 0.29) is 31.0 Å². The van der Waals surface area contributed by atoms with Crippen molar-refractivity contribution in [2.24, 2.45) is 0 Å². The summed E-state index contributed by atoms with van der Waals surface area (Å²) in [5.41, 5.74) is 1.34. The molecular formula is C15H25NaO. The van der Waals surface area contributed by atoms with Crippen LogP contribution in [0.2, 0.25) is 0 Å². The van der Waals surface area contributed by atoms with Crippen LogP contribution in [-0.2, 0) is 6.42 Å². The van der Waals surface area contributed by atoms with Gasteiger partial charge >= 0.3 is 29.6 Å². The fraction of sp³-hybridized carbons (Fsp3) is 0.600. The molecule has 0 saturated heterocycles. The molecule has 0 aliphatic rings. The summed E-state index contributed by atoms with van der Waals surface area (Å²) < 4.78 is 0. The van der Waals surface area contributed by atoms with Crippen molar-refractivity contribution >= 4 is 0 Å². The Morgan fingerprint density at radius 1 is 0.882 bits per heavy atom. The van der Waals surface area contributed by atoms with E-state index in [1.54, 1.807) is 12.1 Å². The van der Waals surface area contributed by atoms with Gasteiger partial charge in [-0.2, -0.15) is 0 Å². The molecule has 0 bridgehead atoms. The van der Waals surface area contributed by atoms with Crippen LogP contribution >= 0.6 is 0 Å². The smallest absolute Gasteiger partial charge is 1.00 e. The maximum absolute atomic E-state index is 9.15. The van der Waals surface area contributed by atoms with Crippen molar-refractivity contribution in [2.75, 3.05) is 0 Å². The molecular weight excluding hydrogens is 219 g/mol. The minimum absolute atomic E-state index is 0. The van der Waals surface area contributed by atoms with Gasteiger partial charge in [0.25, 0.3) is 0 Å². The van der Waals surface area contributed by atoms with Crippen LogP contribution in [0.1, 0.15) is 58.9 Å². The van der Waals surface area contributed by atoms with E-state index in [1.807, 2.05) is 12.1 Å². The fourth-order valence-corrected chi connectivity index (χ4v) is 1.95. The number of unbranched alkanes of at least 4 members (excludes halogenated alkanes) is 6. The minimum Gasteiger partial charge on any atom is -1.00 e. The average molecular weight is 244 g/mol. The summed E-state index contributed by atoms with van der Waals surface area (Å²) in [5.74, 6) is 0.364. The molecule has 0 spiro atoms. The molecule has 0 radical (unpaired) electrons. The molecule has 0 fully saturated rings. The van der Waals surface area contributed by atoms with Crippen LogP contribution in [-0.4, -0.2) is 5.11 Å². The van der Waals surface area contributed by atoms with Gasteiger partial charge < -0.3 is 6.53 Å². The van der Waals surface area contributed by atoms with Gasteiger partial charge in [-0.25, -0.2) is 0 Å². The van der Waals surface area contributed by atoms with Gasteiger partial charge in [-0.3, -0.25) is 0 Å². The first kappa shape index (κ1) is 17.0. The molecule has 0 aromatic heterocycles. The van der Waals surface area contributed by atoms with Crippen molar-refractivity contribution in [1.82, 2.24) is 0 Å². The van der Waals surface area contributed by atoms with E-state index < -0.39 is 0 Å². The predicted molar refractivity (Wildman–Crippen MR) is 70.9 cm³/mol. The third-order valence-corrected chi connectivity index (χ3v) is 3.01. The van der Waals surface area contributed by atoms with Crippen molar-refractivity contribution in [2.45, 2.75) is 58.3 Å². The van der Waals surface area contributed by atoms with E-state index in [0.29, 0.717) is 5.75 Å². The average Bonchev–Trinajstić information content (AvgIpc) is 2.30. The van der Waals surface area contributed by atoms with E-state index in [4.69, 9.17) is 5.11 Å². The maximum Gasteiger partial charge on any atom is 1.00 e. The topological polar surface area (TPSA) is 20.2 Å². The van der Waals surface area contributed by atoms with Crippen molar-refractivity contribution in [3.8, 4) is 5.75 Å². The van der Waals surface area contributed by atoms with Crippen LogP contribution in [0.3, 0.4) is 0 Å². The number of rotatable bonds is 8. The first-order valence-corrected chi connectivity index (χ1v) is 6.61. The van der Waals surface area contributed by atoms with E-state index in [0.717, 1.165) is 6.42 Å². The zero-order chi connectivity index (χ0) is 11.6. The number of phenols is 1. The zero-order valence-electron chi connectivity index (χ0n) is 12.4. The Hall–Kier alpha value is 0.0200. The maximum atomic E-state index is 9.15. The summed E-state index contributed by atoms with van der Waals surface area (Å²) in [6.07, 6.45) is 10.6. The first-order valence-electron chi connectivity index (χ1n) is 6.61. The summed E-state index contributed by atoms with van der Waals surface area (Å²) in [7, 11) is 0. The SMILES string of the molecule is CCCCCCCCCc1ccc(O)cc1.[H-].[Na+]. The number of benzene rings is 1. The van der Waals surface area contributed by atoms with Crippen LogP contribution < -0.4 is 29.6 Å². The van der Waals surface area contributed by atoms with Crippen LogP contribution in [0.5, 0.6) is 5.75 Å². The van der Waals surface area contributed by atoms with Crippen LogP contribution in [0.25, 0.3) is 0 Å². The van der Waals surface area contributed by atoms with Gasteiger partial charge in [0.05, 0.1) is 0 Å². The summed E-state index contributed by atoms with van der Waals surface area (Å²) >= 11 is 0. The Kier molecular flexibility index (Phi) is 11.1. The molecule has 0 unspecified atom stereocenters. The summed E-state index contributed by atoms with van der Waals surface area (Å²) in [5, 5.41) is 9.15. The molecule has 92 valence electrons. The molecule has 0 amide bonds. The van der Waals surface area contributed by atoms with Gasteiger partial charge in [0.2, 0.25) is 0 Å². The van der Waals surface area contributed by atoms with Crippen LogP contribution in [0.15, 0.2) is 24.3 Å². The second-order valence-electron chi connectivity index (χ2n) is 4.54. The van der Waals surface area contributed by atoms with Gasteiger partial charge in [0.15, 0.2) is 0 Å². The van der Waals surface area contributed by atoms with Gasteiger partial charge in [-0.15, -0.1) is 0 Å². The van der Waals surface area contributed by atoms with Crippen molar-refractivity contribution in [3.63, 3.8) is 0 Å². The van der Waals surface area contributed by atoms with Gasteiger partial charge in [0.1, 0.15) is 5.75 Å². The van der Waals surface area contributed by atoms with Crippen molar-refractivity contribution in [3.05, 3.63) is 29.8 Å². The molecule has 0 heterocycles. The van der Waals surface area contributed by atoms with E-state index >= 15 is 0 Å². The first-order chi connectivity index (χ1) is 7.83. The molecule has 0 atom stereocenters. The minimum atomic E-state index is 0. The second-order valence-corrected chi connectivity index (χ2v) is 4.54. The molecule has 1 N–H and O–H groups in total. The van der Waals surface area contributed by atoms with E-state index in [9.17, 15) is 0 Å². The molecule has 0 aliphatic heterocycles. The number of hydrogen-bond acceptors (Lipinski definition) is 1. The van der Waals surface area contributed by atoms with Gasteiger partial charge in [0, 0.05) is 0 Å². The Balaban J connectivity index is 0. The molecule has 17 heavy (non-hydrogen) atoms. The molecule has 0 saturated carbocycles. The van der Waals surface area contributed by atoms with Gasteiger partial charge in [-0.05, 0) is 30.5 Å². The number of phenolic OH excluding ortho intramolecular Hbond substituents is 1. The molecule has 2 heteroatoms. The Morgan fingerprint density at radius 3 is 2.00 bits per heavy atom. The van der Waals surface area contributed by atoms with E-state index in [1.165, 1.54) is 50.5 Å². The number of aryl methyl sites for hydroxylation is 1. The van der Waals surface area contributed by atoms with Crippen LogP contribution in [0.4, 0.5) is 0 Å². The van der Waals surface area contributed by atoms with E-state index in [2.05, 4.69) is 6.92 Å². The third-order valence-electron chi connectivity index (χ3n) is 3.01. The summed E-state index contributed by atoms with van der Waals surface area (Å²) in [6.45, 7) is 2.25. The largest absolute Gasteiger partial charge is 1.00 e. The molecule has 1 aromatic rings. The molecule has 1 nitrogen and oxygen atoms in total. The normalized spacial score (nSPS) is 9.94. The standard InChI is InChI=1S/C15H24O.Na.H/c1-2-3-4-5-6-7-8-9-14-10-12-15(16)13-11-14;;/h10-13,16H,2-9H2,1H3;;/q;+1;-1. The summed E-state index contributed by atoms with van der Waals surface area (Å²) in [4.78, 5) is 0. The van der Waals surface area contributed by atoms with Gasteiger partial charge in [-0.1, -0.05) is 57.6 Å². The predicted octanol–water partition coefficient (Wildman–Crippen LogP) is 1.80.